The van der Waals surface area contributed by atoms with Gasteiger partial charge in [-0.15, -0.1) is 0 Å². The number of likely N-dealkylation sites (tertiary alicyclic amines) is 1. The van der Waals surface area contributed by atoms with Crippen LogP contribution in [0.25, 0.3) is 5.65 Å². The van der Waals surface area contributed by atoms with Crippen molar-refractivity contribution in [3.63, 3.8) is 0 Å². The lowest BCUT2D eigenvalue weighted by atomic mass is 9.99. The highest BCUT2D eigenvalue weighted by molar-refractivity contribution is 5.50. The molecule has 3 rings (SSSR count). The summed E-state index contributed by atoms with van der Waals surface area (Å²) < 4.78 is 2.18. The fourth-order valence-electron chi connectivity index (χ4n) is 3.18. The Kier molecular flexibility index (Phi) is 3.89. The first-order chi connectivity index (χ1) is 10.0. The summed E-state index contributed by atoms with van der Waals surface area (Å²) in [5.41, 5.74) is 10.3. The molecule has 0 unspecified atom stereocenters. The predicted molar refractivity (Wildman–Crippen MR) is 87.4 cm³/mol. The van der Waals surface area contributed by atoms with Crippen molar-refractivity contribution in [3.8, 4) is 0 Å². The number of aromatic nitrogens is 2. The molecule has 0 saturated carbocycles. The largest absolute Gasteiger partial charge is 0.398 e. The molecule has 1 aliphatic rings. The molecule has 0 aliphatic carbocycles. The summed E-state index contributed by atoms with van der Waals surface area (Å²) in [7, 11) is 0. The van der Waals surface area contributed by atoms with E-state index in [2.05, 4.69) is 30.1 Å². The fraction of sp³-hybridized carbons (Fsp3) is 0.588. The predicted octanol–water partition coefficient (Wildman–Crippen LogP) is 3.27. The highest BCUT2D eigenvalue weighted by Crippen LogP contribution is 2.25. The number of pyridine rings is 1. The molecule has 2 N–H and O–H groups in total. The molecule has 0 amide bonds. The topological polar surface area (TPSA) is 46.6 Å². The normalized spacial score (nSPS) is 17.9. The number of nitrogens with zero attached hydrogens (tertiary/aromatic N) is 3. The Morgan fingerprint density at radius 1 is 1.29 bits per heavy atom. The molecule has 0 aromatic carbocycles. The van der Waals surface area contributed by atoms with E-state index in [4.69, 9.17) is 10.7 Å². The standard InChI is InChI=1S/C17H26N4/c1-12(2)17-15(11-20-8-6-13(3)7-9-20)21-10-14(18)4-5-16(21)19-17/h4-5,10,12-13H,6-9,11,18H2,1-3H3. The van der Waals surface area contributed by atoms with Crippen molar-refractivity contribution in [2.24, 2.45) is 5.92 Å². The lowest BCUT2D eigenvalue weighted by Gasteiger charge is -2.30. The maximum atomic E-state index is 5.97. The third-order valence-electron chi connectivity index (χ3n) is 4.57. The van der Waals surface area contributed by atoms with Gasteiger partial charge in [-0.3, -0.25) is 4.90 Å². The van der Waals surface area contributed by atoms with Crippen LogP contribution in [0.4, 0.5) is 5.69 Å². The SMILES string of the molecule is CC1CCN(Cc2c(C(C)C)nc3ccc(N)cn23)CC1. The van der Waals surface area contributed by atoms with E-state index in [0.29, 0.717) is 5.92 Å². The van der Waals surface area contributed by atoms with Crippen LogP contribution in [0.1, 0.15) is 50.9 Å². The molecule has 0 radical (unpaired) electrons. The number of nitrogens with two attached hydrogens (primary N) is 1. The van der Waals surface area contributed by atoms with Gasteiger partial charge in [0.05, 0.1) is 11.4 Å². The van der Waals surface area contributed by atoms with Gasteiger partial charge in [0.1, 0.15) is 5.65 Å². The number of fused-ring (bicyclic) bond motifs is 1. The monoisotopic (exact) mass is 286 g/mol. The van der Waals surface area contributed by atoms with Crippen LogP contribution < -0.4 is 5.73 Å². The molecule has 21 heavy (non-hydrogen) atoms. The second-order valence-electron chi connectivity index (χ2n) is 6.75. The first-order valence-corrected chi connectivity index (χ1v) is 8.03. The molecular weight excluding hydrogens is 260 g/mol. The van der Waals surface area contributed by atoms with Crippen LogP contribution in [0.15, 0.2) is 18.3 Å². The van der Waals surface area contributed by atoms with Gasteiger partial charge >= 0.3 is 0 Å². The molecule has 4 heteroatoms. The molecule has 2 aromatic heterocycles. The van der Waals surface area contributed by atoms with Crippen LogP contribution in [0, 0.1) is 5.92 Å². The lowest BCUT2D eigenvalue weighted by molar-refractivity contribution is 0.182. The first kappa shape index (κ1) is 14.4. The third kappa shape index (κ3) is 2.91. The van der Waals surface area contributed by atoms with Gasteiger partial charge < -0.3 is 10.1 Å². The second kappa shape index (κ2) is 5.68. The number of imidazole rings is 1. The number of anilines is 1. The average molecular weight is 286 g/mol. The maximum Gasteiger partial charge on any atom is 0.137 e. The summed E-state index contributed by atoms with van der Waals surface area (Å²) in [5.74, 6) is 1.30. The van der Waals surface area contributed by atoms with Crippen molar-refractivity contribution in [2.45, 2.75) is 46.1 Å². The first-order valence-electron chi connectivity index (χ1n) is 8.03. The Balaban J connectivity index is 1.95. The number of piperidine rings is 1. The number of hydrogen-bond donors (Lipinski definition) is 1. The number of nitrogen functional groups attached to an aromatic ring is 1. The molecule has 0 bridgehead atoms. The Labute approximate surface area is 127 Å². The van der Waals surface area contributed by atoms with Gasteiger partial charge in [-0.2, -0.15) is 0 Å². The van der Waals surface area contributed by atoms with Crippen molar-refractivity contribution in [2.75, 3.05) is 18.8 Å². The number of rotatable bonds is 3. The average Bonchev–Trinajstić information content (AvgIpc) is 2.80. The van der Waals surface area contributed by atoms with Gasteiger partial charge in [0, 0.05) is 18.4 Å². The Bertz CT molecular complexity index is 621. The minimum atomic E-state index is 0.435. The van der Waals surface area contributed by atoms with Crippen LogP contribution in [0.2, 0.25) is 0 Å². The maximum absolute atomic E-state index is 5.97. The van der Waals surface area contributed by atoms with Crippen molar-refractivity contribution >= 4 is 11.3 Å². The van der Waals surface area contributed by atoms with E-state index in [0.717, 1.165) is 23.8 Å². The van der Waals surface area contributed by atoms with Crippen LogP contribution >= 0.6 is 0 Å². The molecule has 3 heterocycles. The molecule has 1 fully saturated rings. The summed E-state index contributed by atoms with van der Waals surface area (Å²) >= 11 is 0. The molecular formula is C17H26N4. The van der Waals surface area contributed by atoms with E-state index in [1.807, 2.05) is 18.3 Å². The quantitative estimate of drug-likeness (QED) is 0.942. The van der Waals surface area contributed by atoms with Crippen LogP contribution in [0.5, 0.6) is 0 Å². The summed E-state index contributed by atoms with van der Waals surface area (Å²) in [5, 5.41) is 0. The zero-order chi connectivity index (χ0) is 15.0. The van der Waals surface area contributed by atoms with Crippen molar-refractivity contribution in [3.05, 3.63) is 29.7 Å². The molecule has 114 valence electrons. The van der Waals surface area contributed by atoms with E-state index in [1.165, 1.54) is 37.3 Å². The summed E-state index contributed by atoms with van der Waals surface area (Å²) in [6.45, 7) is 10.1. The molecule has 1 aliphatic heterocycles. The zero-order valence-corrected chi connectivity index (χ0v) is 13.3. The fourth-order valence-corrected chi connectivity index (χ4v) is 3.18. The zero-order valence-electron chi connectivity index (χ0n) is 13.3. The van der Waals surface area contributed by atoms with Gasteiger partial charge in [-0.25, -0.2) is 4.98 Å². The van der Waals surface area contributed by atoms with Gasteiger partial charge in [-0.1, -0.05) is 20.8 Å². The molecule has 4 nitrogen and oxygen atoms in total. The van der Waals surface area contributed by atoms with Gasteiger partial charge in [0.25, 0.3) is 0 Å². The lowest BCUT2D eigenvalue weighted by Crippen LogP contribution is -2.33. The van der Waals surface area contributed by atoms with E-state index < -0.39 is 0 Å². The summed E-state index contributed by atoms with van der Waals surface area (Å²) in [6, 6.07) is 3.95. The minimum Gasteiger partial charge on any atom is -0.398 e. The molecule has 1 saturated heterocycles. The van der Waals surface area contributed by atoms with Crippen LogP contribution in [-0.4, -0.2) is 27.4 Å². The van der Waals surface area contributed by atoms with Gasteiger partial charge in [0.15, 0.2) is 0 Å². The van der Waals surface area contributed by atoms with Crippen LogP contribution in [-0.2, 0) is 6.54 Å². The second-order valence-corrected chi connectivity index (χ2v) is 6.75. The summed E-state index contributed by atoms with van der Waals surface area (Å²) in [6.07, 6.45) is 4.61. The molecule has 0 spiro atoms. The van der Waals surface area contributed by atoms with Gasteiger partial charge in [0.2, 0.25) is 0 Å². The van der Waals surface area contributed by atoms with Gasteiger partial charge in [-0.05, 0) is 49.9 Å². The smallest absolute Gasteiger partial charge is 0.137 e. The third-order valence-corrected chi connectivity index (χ3v) is 4.57. The number of hydrogen-bond acceptors (Lipinski definition) is 3. The minimum absolute atomic E-state index is 0.435. The molecule has 0 atom stereocenters. The van der Waals surface area contributed by atoms with E-state index in [9.17, 15) is 0 Å². The Morgan fingerprint density at radius 3 is 2.67 bits per heavy atom. The molecule has 2 aromatic rings. The summed E-state index contributed by atoms with van der Waals surface area (Å²) in [4.78, 5) is 7.37. The highest BCUT2D eigenvalue weighted by Gasteiger charge is 2.21. The van der Waals surface area contributed by atoms with E-state index in [1.54, 1.807) is 0 Å². The van der Waals surface area contributed by atoms with Crippen molar-refractivity contribution < 1.29 is 0 Å². The Morgan fingerprint density at radius 2 is 2.00 bits per heavy atom. The Hall–Kier alpha value is -1.55. The van der Waals surface area contributed by atoms with Crippen molar-refractivity contribution in [1.82, 2.24) is 14.3 Å². The van der Waals surface area contributed by atoms with Crippen LogP contribution in [0.3, 0.4) is 0 Å². The van der Waals surface area contributed by atoms with E-state index >= 15 is 0 Å². The highest BCUT2D eigenvalue weighted by atomic mass is 15.2. The van der Waals surface area contributed by atoms with E-state index in [-0.39, 0.29) is 0 Å². The van der Waals surface area contributed by atoms with Crippen molar-refractivity contribution in [1.29, 1.82) is 0 Å².